The van der Waals surface area contributed by atoms with Gasteiger partial charge in [0.2, 0.25) is 0 Å². The standard InChI is InChI=1S/C11H12N2O5S/c1-17-9(15)5-6-4-8(14)13-11(12-6)19-7-2-3-18-10(7)16/h4,7H,2-3,5H2,1H3,(H,12,13,14)/t7-/m1/s1. The molecule has 1 fully saturated rings. The Bertz CT molecular complexity index is 556. The van der Waals surface area contributed by atoms with Gasteiger partial charge in [-0.1, -0.05) is 11.8 Å². The van der Waals surface area contributed by atoms with Gasteiger partial charge in [0.05, 0.1) is 25.8 Å². The summed E-state index contributed by atoms with van der Waals surface area (Å²) in [6, 6.07) is 1.23. The SMILES string of the molecule is COC(=O)Cc1cc(=O)[nH]c(S[C@@H]2CCOC2=O)n1. The predicted molar refractivity (Wildman–Crippen MR) is 65.8 cm³/mol. The molecule has 0 bridgehead atoms. The van der Waals surface area contributed by atoms with E-state index in [0.29, 0.717) is 23.9 Å². The lowest BCUT2D eigenvalue weighted by Gasteiger charge is -2.05. The number of rotatable bonds is 4. The number of hydrogen-bond acceptors (Lipinski definition) is 7. The molecule has 0 amide bonds. The molecular weight excluding hydrogens is 272 g/mol. The minimum Gasteiger partial charge on any atom is -0.469 e. The van der Waals surface area contributed by atoms with Crippen LogP contribution in [0.3, 0.4) is 0 Å². The highest BCUT2D eigenvalue weighted by molar-refractivity contribution is 8.00. The molecule has 19 heavy (non-hydrogen) atoms. The fourth-order valence-corrected chi connectivity index (χ4v) is 2.55. The van der Waals surface area contributed by atoms with Crippen molar-refractivity contribution in [2.24, 2.45) is 0 Å². The Kier molecular flexibility index (Phi) is 4.20. The van der Waals surface area contributed by atoms with Crippen molar-refractivity contribution in [1.82, 2.24) is 9.97 Å². The highest BCUT2D eigenvalue weighted by atomic mass is 32.2. The van der Waals surface area contributed by atoms with Crippen LogP contribution in [-0.2, 0) is 25.5 Å². The van der Waals surface area contributed by atoms with Gasteiger partial charge in [0.15, 0.2) is 5.16 Å². The van der Waals surface area contributed by atoms with Crippen LogP contribution in [0.5, 0.6) is 0 Å². The Morgan fingerprint density at radius 2 is 2.42 bits per heavy atom. The van der Waals surface area contributed by atoms with Crippen molar-refractivity contribution in [1.29, 1.82) is 0 Å². The summed E-state index contributed by atoms with van der Waals surface area (Å²) in [5.41, 5.74) is -0.0627. The maximum Gasteiger partial charge on any atom is 0.319 e. The van der Waals surface area contributed by atoms with Crippen LogP contribution in [-0.4, -0.2) is 40.9 Å². The Labute approximate surface area is 112 Å². The first-order valence-corrected chi connectivity index (χ1v) is 6.47. The zero-order valence-electron chi connectivity index (χ0n) is 10.2. The molecule has 1 aliphatic heterocycles. The number of nitrogens with one attached hydrogen (secondary N) is 1. The van der Waals surface area contributed by atoms with Crippen LogP contribution < -0.4 is 5.56 Å². The van der Waals surface area contributed by atoms with Crippen LogP contribution in [0.1, 0.15) is 12.1 Å². The summed E-state index contributed by atoms with van der Waals surface area (Å²) >= 11 is 1.13. The van der Waals surface area contributed by atoms with Crippen molar-refractivity contribution in [3.05, 3.63) is 22.1 Å². The molecule has 1 aromatic rings. The first kappa shape index (κ1) is 13.6. The van der Waals surface area contributed by atoms with Gasteiger partial charge in [0, 0.05) is 12.5 Å². The molecule has 8 heteroatoms. The second kappa shape index (κ2) is 5.87. The van der Waals surface area contributed by atoms with E-state index < -0.39 is 5.97 Å². The van der Waals surface area contributed by atoms with Crippen molar-refractivity contribution < 1.29 is 19.1 Å². The Morgan fingerprint density at radius 3 is 3.05 bits per heavy atom. The van der Waals surface area contributed by atoms with Crippen molar-refractivity contribution in [2.75, 3.05) is 13.7 Å². The second-order valence-corrected chi connectivity index (χ2v) is 5.05. The lowest BCUT2D eigenvalue weighted by atomic mass is 10.3. The van der Waals surface area contributed by atoms with E-state index in [1.54, 1.807) is 0 Å². The summed E-state index contributed by atoms with van der Waals surface area (Å²) in [5, 5.41) is -0.0632. The number of aromatic amines is 1. The number of ether oxygens (including phenoxy) is 2. The van der Waals surface area contributed by atoms with Gasteiger partial charge in [-0.15, -0.1) is 0 Å². The molecule has 2 rings (SSSR count). The number of thioether (sulfide) groups is 1. The third-order valence-electron chi connectivity index (χ3n) is 2.47. The summed E-state index contributed by atoms with van der Waals surface area (Å²) < 4.78 is 9.34. The fourth-order valence-electron chi connectivity index (χ4n) is 1.57. The van der Waals surface area contributed by atoms with Gasteiger partial charge in [-0.25, -0.2) is 4.98 Å². The molecule has 0 spiro atoms. The van der Waals surface area contributed by atoms with E-state index in [9.17, 15) is 14.4 Å². The van der Waals surface area contributed by atoms with Gasteiger partial charge in [0.25, 0.3) is 5.56 Å². The number of nitrogens with zero attached hydrogens (tertiary/aromatic N) is 1. The molecule has 0 saturated carbocycles. The van der Waals surface area contributed by atoms with Gasteiger partial charge in [-0.2, -0.15) is 0 Å². The monoisotopic (exact) mass is 284 g/mol. The number of hydrogen-bond donors (Lipinski definition) is 1. The lowest BCUT2D eigenvalue weighted by Crippen LogP contribution is -2.16. The maximum absolute atomic E-state index is 11.5. The highest BCUT2D eigenvalue weighted by Gasteiger charge is 2.28. The first-order valence-electron chi connectivity index (χ1n) is 5.59. The third-order valence-corrected chi connectivity index (χ3v) is 3.60. The van der Waals surface area contributed by atoms with Gasteiger partial charge in [0.1, 0.15) is 5.25 Å². The van der Waals surface area contributed by atoms with Crippen LogP contribution >= 0.6 is 11.8 Å². The minimum atomic E-state index is -0.477. The summed E-state index contributed by atoms with van der Waals surface area (Å²) in [7, 11) is 1.26. The van der Waals surface area contributed by atoms with E-state index >= 15 is 0 Å². The van der Waals surface area contributed by atoms with Crippen molar-refractivity contribution in [3.8, 4) is 0 Å². The molecule has 0 aliphatic carbocycles. The summed E-state index contributed by atoms with van der Waals surface area (Å²) in [5.74, 6) is -0.791. The number of methoxy groups -OCH3 is 1. The van der Waals surface area contributed by atoms with Gasteiger partial charge >= 0.3 is 11.9 Å². The molecule has 1 aliphatic rings. The van der Waals surface area contributed by atoms with Crippen LogP contribution in [0.25, 0.3) is 0 Å². The average molecular weight is 284 g/mol. The largest absolute Gasteiger partial charge is 0.469 e. The lowest BCUT2D eigenvalue weighted by molar-refractivity contribution is -0.140. The van der Waals surface area contributed by atoms with E-state index in [0.717, 1.165) is 11.8 Å². The minimum absolute atomic E-state index is 0.0803. The summed E-state index contributed by atoms with van der Waals surface area (Å²) in [6.07, 6.45) is 0.498. The molecule has 0 aromatic carbocycles. The number of H-pyrrole nitrogens is 1. The van der Waals surface area contributed by atoms with E-state index in [-0.39, 0.29) is 23.2 Å². The number of carbonyl (C=O) groups is 2. The van der Waals surface area contributed by atoms with Gasteiger partial charge < -0.3 is 14.5 Å². The average Bonchev–Trinajstić information content (AvgIpc) is 2.74. The van der Waals surface area contributed by atoms with E-state index in [1.165, 1.54) is 13.2 Å². The molecule has 2 heterocycles. The molecule has 102 valence electrons. The van der Waals surface area contributed by atoms with Gasteiger partial charge in [-0.05, 0) is 0 Å². The van der Waals surface area contributed by atoms with Gasteiger partial charge in [-0.3, -0.25) is 14.4 Å². The molecule has 1 saturated heterocycles. The number of carbonyl (C=O) groups excluding carboxylic acids is 2. The molecule has 7 nitrogen and oxygen atoms in total. The topological polar surface area (TPSA) is 98.4 Å². The van der Waals surface area contributed by atoms with Crippen molar-refractivity contribution in [3.63, 3.8) is 0 Å². The molecule has 1 aromatic heterocycles. The molecule has 0 radical (unpaired) electrons. The number of aromatic nitrogens is 2. The van der Waals surface area contributed by atoms with Crippen molar-refractivity contribution >= 4 is 23.7 Å². The molecular formula is C11H12N2O5S. The summed E-state index contributed by atoms with van der Waals surface area (Å²) in [6.45, 7) is 0.378. The molecule has 0 unspecified atom stereocenters. The van der Waals surface area contributed by atoms with E-state index in [2.05, 4.69) is 14.7 Å². The smallest absolute Gasteiger partial charge is 0.319 e. The van der Waals surface area contributed by atoms with Crippen LogP contribution in [0.15, 0.2) is 16.0 Å². The highest BCUT2D eigenvalue weighted by Crippen LogP contribution is 2.26. The maximum atomic E-state index is 11.5. The number of esters is 2. The third kappa shape index (κ3) is 3.57. The zero-order valence-corrected chi connectivity index (χ0v) is 11.0. The Hall–Kier alpha value is -1.83. The van der Waals surface area contributed by atoms with E-state index in [4.69, 9.17) is 4.74 Å². The second-order valence-electron chi connectivity index (χ2n) is 3.86. The Balaban J connectivity index is 2.14. The summed E-state index contributed by atoms with van der Waals surface area (Å²) in [4.78, 5) is 40.6. The normalized spacial score (nSPS) is 18.2. The Morgan fingerprint density at radius 1 is 1.63 bits per heavy atom. The zero-order chi connectivity index (χ0) is 13.8. The van der Waals surface area contributed by atoms with Crippen LogP contribution in [0.4, 0.5) is 0 Å². The van der Waals surface area contributed by atoms with Crippen LogP contribution in [0.2, 0.25) is 0 Å². The predicted octanol–water partition coefficient (Wildman–Crippen LogP) is -0.107. The van der Waals surface area contributed by atoms with Crippen LogP contribution in [0, 0.1) is 0 Å². The quantitative estimate of drug-likeness (QED) is 0.608. The van der Waals surface area contributed by atoms with Crippen molar-refractivity contribution in [2.45, 2.75) is 23.2 Å². The number of cyclic esters (lactones) is 1. The van der Waals surface area contributed by atoms with E-state index in [1.807, 2.05) is 0 Å². The first-order chi connectivity index (χ1) is 9.08. The molecule has 1 N–H and O–H groups in total. The molecule has 1 atom stereocenters. The fraction of sp³-hybridized carbons (Fsp3) is 0.455.